The molecule has 2 aromatic carbocycles. The van der Waals surface area contributed by atoms with Crippen molar-refractivity contribution in [3.05, 3.63) is 59.8 Å². The predicted octanol–water partition coefficient (Wildman–Crippen LogP) is 4.15. The second-order valence-electron chi connectivity index (χ2n) is 4.84. The quantitative estimate of drug-likeness (QED) is 0.695. The first-order valence-electron chi connectivity index (χ1n) is 6.42. The molecule has 0 fully saturated rings. The zero-order valence-electron chi connectivity index (χ0n) is 11.3. The number of aromatic nitrogens is 1. The van der Waals surface area contributed by atoms with Gasteiger partial charge in [0.1, 0.15) is 11.6 Å². The molecule has 106 valence electrons. The third-order valence-corrected chi connectivity index (χ3v) is 3.16. The van der Waals surface area contributed by atoms with Gasteiger partial charge >= 0.3 is 0 Å². The van der Waals surface area contributed by atoms with E-state index in [1.807, 2.05) is 6.92 Å². The zero-order valence-corrected chi connectivity index (χ0v) is 11.3. The summed E-state index contributed by atoms with van der Waals surface area (Å²) in [6.45, 7) is 1.84. The molecule has 21 heavy (non-hydrogen) atoms. The van der Waals surface area contributed by atoms with Gasteiger partial charge in [0.2, 0.25) is 0 Å². The fourth-order valence-electron chi connectivity index (χ4n) is 2.22. The number of fused-ring (bicyclic) bond motifs is 1. The molecule has 3 N–H and O–H groups in total. The second kappa shape index (κ2) is 5.01. The van der Waals surface area contributed by atoms with Gasteiger partial charge in [-0.1, -0.05) is 0 Å². The van der Waals surface area contributed by atoms with Crippen LogP contribution in [0.2, 0.25) is 0 Å². The largest absolute Gasteiger partial charge is 0.399 e. The molecule has 0 aliphatic heterocycles. The van der Waals surface area contributed by atoms with Crippen molar-refractivity contribution in [1.29, 1.82) is 0 Å². The average Bonchev–Trinajstić information content (AvgIpc) is 2.43. The zero-order chi connectivity index (χ0) is 15.0. The molecule has 0 unspecified atom stereocenters. The molecule has 0 aliphatic rings. The fraction of sp³-hybridized carbons (Fsp3) is 0.0625. The van der Waals surface area contributed by atoms with E-state index >= 15 is 0 Å². The van der Waals surface area contributed by atoms with Crippen molar-refractivity contribution in [1.82, 2.24) is 4.98 Å². The molecule has 0 saturated carbocycles. The number of hydrogen-bond donors (Lipinski definition) is 2. The molecular formula is C16H13F2N3. The predicted molar refractivity (Wildman–Crippen MR) is 80.5 cm³/mol. The van der Waals surface area contributed by atoms with Gasteiger partial charge in [0.05, 0.1) is 11.2 Å². The summed E-state index contributed by atoms with van der Waals surface area (Å²) in [5.74, 6) is -1.03. The van der Waals surface area contributed by atoms with Gasteiger partial charge in [0, 0.05) is 28.5 Å². The smallest absolute Gasteiger partial charge is 0.146 e. The summed E-state index contributed by atoms with van der Waals surface area (Å²) in [6.07, 6.45) is 0. The number of pyridine rings is 1. The molecule has 3 nitrogen and oxygen atoms in total. The van der Waals surface area contributed by atoms with Crippen LogP contribution in [0.5, 0.6) is 0 Å². The first-order valence-corrected chi connectivity index (χ1v) is 6.42. The van der Waals surface area contributed by atoms with Crippen molar-refractivity contribution in [3.63, 3.8) is 0 Å². The van der Waals surface area contributed by atoms with Gasteiger partial charge in [-0.25, -0.2) is 8.78 Å². The highest BCUT2D eigenvalue weighted by atomic mass is 19.1. The standard InChI is InChI=1S/C16H13F2N3/c1-9-6-15(12-8-11(19)3-5-14(12)20-9)21-16-7-10(17)2-4-13(16)18/h2-8H,19H2,1H3,(H,20,21). The van der Waals surface area contributed by atoms with E-state index in [0.717, 1.165) is 34.8 Å². The van der Waals surface area contributed by atoms with E-state index in [1.54, 1.807) is 24.3 Å². The number of nitrogen functional groups attached to an aromatic ring is 1. The SMILES string of the molecule is Cc1cc(Nc2cc(F)ccc2F)c2cc(N)ccc2n1. The van der Waals surface area contributed by atoms with Gasteiger partial charge < -0.3 is 11.1 Å². The molecule has 0 bridgehead atoms. The first-order chi connectivity index (χ1) is 10.0. The van der Waals surface area contributed by atoms with E-state index in [-0.39, 0.29) is 5.69 Å². The highest BCUT2D eigenvalue weighted by molar-refractivity contribution is 5.95. The number of hydrogen-bond acceptors (Lipinski definition) is 3. The van der Waals surface area contributed by atoms with Gasteiger partial charge in [-0.2, -0.15) is 0 Å². The molecule has 1 heterocycles. The number of aryl methyl sites for hydroxylation is 1. The van der Waals surface area contributed by atoms with Gasteiger partial charge in [0.25, 0.3) is 0 Å². The highest BCUT2D eigenvalue weighted by Crippen LogP contribution is 2.29. The summed E-state index contributed by atoms with van der Waals surface area (Å²) in [5.41, 5.74) is 8.58. The average molecular weight is 285 g/mol. The molecule has 0 amide bonds. The van der Waals surface area contributed by atoms with Crippen LogP contribution < -0.4 is 11.1 Å². The summed E-state index contributed by atoms with van der Waals surface area (Å²) in [4.78, 5) is 4.40. The molecule has 0 saturated heterocycles. The Morgan fingerprint density at radius 1 is 1.00 bits per heavy atom. The molecule has 3 aromatic rings. The van der Waals surface area contributed by atoms with Crippen molar-refractivity contribution in [2.45, 2.75) is 6.92 Å². The number of anilines is 3. The number of benzene rings is 2. The van der Waals surface area contributed by atoms with Gasteiger partial charge in [0.15, 0.2) is 0 Å². The maximum Gasteiger partial charge on any atom is 0.146 e. The number of nitrogens with zero attached hydrogens (tertiary/aromatic N) is 1. The Hall–Kier alpha value is -2.69. The Morgan fingerprint density at radius 2 is 1.81 bits per heavy atom. The van der Waals surface area contributed by atoms with Gasteiger partial charge in [-0.15, -0.1) is 0 Å². The Bertz CT molecular complexity index is 831. The van der Waals surface area contributed by atoms with E-state index < -0.39 is 11.6 Å². The summed E-state index contributed by atoms with van der Waals surface area (Å²) in [5, 5.41) is 3.67. The molecular weight excluding hydrogens is 272 g/mol. The Morgan fingerprint density at radius 3 is 2.62 bits per heavy atom. The van der Waals surface area contributed by atoms with E-state index in [1.165, 1.54) is 0 Å². The minimum atomic E-state index is -0.525. The minimum Gasteiger partial charge on any atom is -0.399 e. The van der Waals surface area contributed by atoms with Crippen molar-refractivity contribution in [2.75, 3.05) is 11.1 Å². The van der Waals surface area contributed by atoms with Crippen molar-refractivity contribution in [2.24, 2.45) is 0 Å². The maximum atomic E-state index is 13.8. The van der Waals surface area contributed by atoms with Crippen molar-refractivity contribution >= 4 is 28.0 Å². The lowest BCUT2D eigenvalue weighted by Gasteiger charge is -2.12. The number of nitrogens with one attached hydrogen (secondary N) is 1. The molecule has 1 aromatic heterocycles. The third-order valence-electron chi connectivity index (χ3n) is 3.16. The molecule has 0 spiro atoms. The fourth-order valence-corrected chi connectivity index (χ4v) is 2.22. The molecule has 0 aliphatic carbocycles. The van der Waals surface area contributed by atoms with Crippen molar-refractivity contribution in [3.8, 4) is 0 Å². The lowest BCUT2D eigenvalue weighted by molar-refractivity contribution is 0.603. The summed E-state index contributed by atoms with van der Waals surface area (Å²) in [7, 11) is 0. The number of rotatable bonds is 2. The Kier molecular flexibility index (Phi) is 3.17. The molecule has 0 atom stereocenters. The summed E-state index contributed by atoms with van der Waals surface area (Å²) in [6, 6.07) is 10.3. The summed E-state index contributed by atoms with van der Waals surface area (Å²) < 4.78 is 27.0. The Balaban J connectivity index is 2.15. The van der Waals surface area contributed by atoms with Crippen LogP contribution in [0.4, 0.5) is 25.8 Å². The van der Waals surface area contributed by atoms with Crippen LogP contribution in [0.15, 0.2) is 42.5 Å². The third kappa shape index (κ3) is 2.63. The van der Waals surface area contributed by atoms with Gasteiger partial charge in [-0.3, -0.25) is 4.98 Å². The van der Waals surface area contributed by atoms with Crippen LogP contribution in [-0.4, -0.2) is 4.98 Å². The lowest BCUT2D eigenvalue weighted by Crippen LogP contribution is -1.98. The minimum absolute atomic E-state index is 0.0734. The van der Waals surface area contributed by atoms with Crippen LogP contribution >= 0.6 is 0 Å². The maximum absolute atomic E-state index is 13.8. The number of halogens is 2. The van der Waals surface area contributed by atoms with E-state index in [4.69, 9.17) is 5.73 Å². The first kappa shape index (κ1) is 13.3. The van der Waals surface area contributed by atoms with E-state index in [2.05, 4.69) is 10.3 Å². The second-order valence-corrected chi connectivity index (χ2v) is 4.84. The number of nitrogens with two attached hydrogens (primary N) is 1. The molecule has 0 radical (unpaired) electrons. The van der Waals surface area contributed by atoms with E-state index in [9.17, 15) is 8.78 Å². The monoisotopic (exact) mass is 285 g/mol. The normalized spacial score (nSPS) is 10.8. The Labute approximate surface area is 120 Å². The van der Waals surface area contributed by atoms with Crippen LogP contribution in [0, 0.1) is 18.6 Å². The van der Waals surface area contributed by atoms with Crippen LogP contribution in [0.1, 0.15) is 5.69 Å². The van der Waals surface area contributed by atoms with E-state index in [0.29, 0.717) is 11.4 Å². The molecule has 5 heteroatoms. The van der Waals surface area contributed by atoms with Crippen LogP contribution in [-0.2, 0) is 0 Å². The topological polar surface area (TPSA) is 50.9 Å². The molecule has 3 rings (SSSR count). The van der Waals surface area contributed by atoms with Crippen molar-refractivity contribution < 1.29 is 8.78 Å². The lowest BCUT2D eigenvalue weighted by atomic mass is 10.1. The van der Waals surface area contributed by atoms with Crippen LogP contribution in [0.3, 0.4) is 0 Å². The highest BCUT2D eigenvalue weighted by Gasteiger charge is 2.09. The van der Waals surface area contributed by atoms with Crippen LogP contribution in [0.25, 0.3) is 10.9 Å². The van der Waals surface area contributed by atoms with Gasteiger partial charge in [-0.05, 0) is 43.3 Å². The summed E-state index contributed by atoms with van der Waals surface area (Å²) >= 11 is 0.